The molecule has 0 atom stereocenters. The maximum Gasteiger partial charge on any atom is 2.00 e. The SMILES string of the molecule is CCCCc1cc2c(-c3ccc(CC)cc3)cccc2[cH-]1.CCCCc1cc2c(-c3ccc(CC)cc3)cccc2[cH-]1.[CH2-]C[CH2-].[Cl-].[Cl-].[Ti+2]. The number of halogens is 2. The zero-order valence-electron chi connectivity index (χ0n) is 29.4. The van der Waals surface area contributed by atoms with Gasteiger partial charge in [-0.3, -0.25) is 0 Å². The predicted octanol–water partition coefficient (Wildman–Crippen LogP) is 7.31. The summed E-state index contributed by atoms with van der Waals surface area (Å²) >= 11 is 0. The fraction of sp³-hybridized carbons (Fsp3) is 0.289. The molecule has 0 amide bonds. The number of hydrogen-bond acceptors (Lipinski definition) is 0. The van der Waals surface area contributed by atoms with E-state index >= 15 is 0 Å². The molecule has 0 aliphatic carbocycles. The number of aryl methyl sites for hydroxylation is 4. The summed E-state index contributed by atoms with van der Waals surface area (Å²) < 4.78 is 0. The van der Waals surface area contributed by atoms with Crippen LogP contribution in [-0.2, 0) is 47.4 Å². The minimum Gasteiger partial charge on any atom is -1.00 e. The van der Waals surface area contributed by atoms with E-state index in [2.05, 4.69) is 151 Å². The van der Waals surface area contributed by atoms with Gasteiger partial charge in [0.25, 0.3) is 0 Å². The largest absolute Gasteiger partial charge is 2.00 e. The molecule has 0 fully saturated rings. The first-order valence-electron chi connectivity index (χ1n) is 17.2. The van der Waals surface area contributed by atoms with Crippen molar-refractivity contribution in [2.75, 3.05) is 0 Å². The maximum atomic E-state index is 3.38. The zero-order chi connectivity index (χ0) is 32.0. The van der Waals surface area contributed by atoms with E-state index in [0.29, 0.717) is 0 Å². The molecule has 0 saturated carbocycles. The number of hydrogen-bond donors (Lipinski definition) is 0. The molecule has 0 aromatic heterocycles. The van der Waals surface area contributed by atoms with E-state index in [1.54, 1.807) is 0 Å². The van der Waals surface area contributed by atoms with Gasteiger partial charge in [-0.15, -0.1) is 69.1 Å². The number of unbranched alkanes of at least 4 members (excludes halogenated alkanes) is 2. The minimum absolute atomic E-state index is 0. The van der Waals surface area contributed by atoms with Gasteiger partial charge in [-0.05, 0) is 47.9 Å². The first kappa shape index (κ1) is 43.4. The van der Waals surface area contributed by atoms with E-state index in [4.69, 9.17) is 0 Å². The smallest absolute Gasteiger partial charge is 1.00 e. The third kappa shape index (κ3) is 11.8. The second-order valence-electron chi connectivity index (χ2n) is 12.0. The first-order chi connectivity index (χ1) is 22.0. The van der Waals surface area contributed by atoms with Crippen LogP contribution in [0.2, 0.25) is 0 Å². The van der Waals surface area contributed by atoms with Gasteiger partial charge in [-0.1, -0.05) is 125 Å². The van der Waals surface area contributed by atoms with Crippen LogP contribution in [0.25, 0.3) is 43.8 Å². The van der Waals surface area contributed by atoms with E-state index in [9.17, 15) is 0 Å². The van der Waals surface area contributed by atoms with Crippen molar-refractivity contribution in [3.63, 3.8) is 0 Å². The summed E-state index contributed by atoms with van der Waals surface area (Å²) in [4.78, 5) is 0. The average molecular weight is 712 g/mol. The molecule has 48 heavy (non-hydrogen) atoms. The van der Waals surface area contributed by atoms with Crippen LogP contribution in [0.4, 0.5) is 0 Å². The Labute approximate surface area is 319 Å². The van der Waals surface area contributed by atoms with Crippen molar-refractivity contribution >= 4 is 21.5 Å². The molecule has 6 rings (SSSR count). The fourth-order valence-corrected chi connectivity index (χ4v) is 5.99. The summed E-state index contributed by atoms with van der Waals surface area (Å²) in [5.41, 5.74) is 11.1. The summed E-state index contributed by atoms with van der Waals surface area (Å²) in [7, 11) is 0. The summed E-state index contributed by atoms with van der Waals surface area (Å²) in [5, 5.41) is 5.54. The molecule has 6 aromatic rings. The topological polar surface area (TPSA) is 0 Å². The molecule has 0 saturated heterocycles. The molecule has 0 aliphatic rings. The molecule has 0 N–H and O–H groups in total. The van der Waals surface area contributed by atoms with Crippen LogP contribution < -0.4 is 24.8 Å². The van der Waals surface area contributed by atoms with Gasteiger partial charge in [0.2, 0.25) is 0 Å². The van der Waals surface area contributed by atoms with Crippen molar-refractivity contribution < 1.29 is 46.5 Å². The second-order valence-corrected chi connectivity index (χ2v) is 12.0. The molecular weight excluding hydrogens is 659 g/mol. The summed E-state index contributed by atoms with van der Waals surface area (Å²) in [6, 6.07) is 40.8. The van der Waals surface area contributed by atoms with Crippen LogP contribution in [0.15, 0.2) is 109 Å². The van der Waals surface area contributed by atoms with Crippen LogP contribution in [0.1, 0.15) is 82.1 Å². The number of benzene rings is 4. The number of fused-ring (bicyclic) bond motifs is 2. The van der Waals surface area contributed by atoms with Crippen molar-refractivity contribution in [1.82, 2.24) is 0 Å². The quantitative estimate of drug-likeness (QED) is 0.103. The van der Waals surface area contributed by atoms with Crippen LogP contribution >= 0.6 is 0 Å². The summed E-state index contributed by atoms with van der Waals surface area (Å²) in [6.07, 6.45) is 10.4. The van der Waals surface area contributed by atoms with Gasteiger partial charge >= 0.3 is 21.7 Å². The molecule has 0 aliphatic heterocycles. The van der Waals surface area contributed by atoms with Gasteiger partial charge in [0, 0.05) is 0 Å². The monoisotopic (exact) mass is 710 g/mol. The van der Waals surface area contributed by atoms with Crippen molar-refractivity contribution in [3.05, 3.63) is 145 Å². The van der Waals surface area contributed by atoms with E-state index in [-0.39, 0.29) is 46.5 Å². The minimum atomic E-state index is 0. The molecule has 0 nitrogen and oxygen atoms in total. The van der Waals surface area contributed by atoms with Crippen LogP contribution in [0.3, 0.4) is 0 Å². The number of rotatable bonds is 10. The van der Waals surface area contributed by atoms with Gasteiger partial charge in [0.05, 0.1) is 0 Å². The van der Waals surface area contributed by atoms with Gasteiger partial charge in [0.15, 0.2) is 0 Å². The van der Waals surface area contributed by atoms with E-state index in [1.807, 2.05) is 0 Å². The van der Waals surface area contributed by atoms with Crippen molar-refractivity contribution in [1.29, 1.82) is 0 Å². The Kier molecular flexibility index (Phi) is 20.7. The molecule has 0 bridgehead atoms. The standard InChI is InChI=1S/2C21H23.C3H6.2ClH.Ti/c2*1-3-5-7-17-14-19-8-6-9-20(21(19)15-17)18-12-10-16(4-2)11-13-18;1-3-2;;;/h2*6,8-15H,3-5,7H2,1-2H3;1-3H2;2*1H;/q2*-1;-2;;;+2/p-2. The van der Waals surface area contributed by atoms with E-state index < -0.39 is 0 Å². The first-order valence-corrected chi connectivity index (χ1v) is 17.2. The van der Waals surface area contributed by atoms with Crippen molar-refractivity contribution in [3.8, 4) is 22.3 Å². The third-order valence-electron chi connectivity index (χ3n) is 8.61. The maximum absolute atomic E-state index is 3.38. The van der Waals surface area contributed by atoms with Crippen LogP contribution in [0.5, 0.6) is 0 Å². The second kappa shape index (κ2) is 22.9. The molecular formula is C45H52Cl2Ti-4. The van der Waals surface area contributed by atoms with E-state index in [0.717, 1.165) is 19.3 Å². The molecule has 0 unspecified atom stereocenters. The summed E-state index contributed by atoms with van der Waals surface area (Å²) in [6.45, 7) is 15.7. The van der Waals surface area contributed by atoms with E-state index in [1.165, 1.54) is 105 Å². The van der Waals surface area contributed by atoms with Gasteiger partial charge in [-0.25, -0.2) is 0 Å². The van der Waals surface area contributed by atoms with Crippen LogP contribution in [0, 0.1) is 13.8 Å². The Bertz CT molecular complexity index is 1590. The molecule has 0 radical (unpaired) electrons. The Morgan fingerprint density at radius 1 is 0.521 bits per heavy atom. The predicted molar refractivity (Wildman–Crippen MR) is 201 cm³/mol. The van der Waals surface area contributed by atoms with Gasteiger partial charge in [-0.2, -0.15) is 12.1 Å². The Balaban J connectivity index is 0.000000420. The summed E-state index contributed by atoms with van der Waals surface area (Å²) in [5.74, 6) is 0. The molecule has 3 heteroatoms. The Morgan fingerprint density at radius 3 is 1.19 bits per heavy atom. The van der Waals surface area contributed by atoms with Crippen LogP contribution in [-0.4, -0.2) is 0 Å². The van der Waals surface area contributed by atoms with Crippen molar-refractivity contribution in [2.24, 2.45) is 0 Å². The molecule has 6 aromatic carbocycles. The third-order valence-corrected chi connectivity index (χ3v) is 8.61. The molecule has 0 heterocycles. The average Bonchev–Trinajstić information content (AvgIpc) is 3.71. The molecule has 254 valence electrons. The van der Waals surface area contributed by atoms with Crippen molar-refractivity contribution in [2.45, 2.75) is 85.5 Å². The fourth-order valence-electron chi connectivity index (χ4n) is 5.99. The van der Waals surface area contributed by atoms with Gasteiger partial charge in [0.1, 0.15) is 0 Å². The normalized spacial score (nSPS) is 10.1. The molecule has 0 spiro atoms. The van der Waals surface area contributed by atoms with Gasteiger partial charge < -0.3 is 45.1 Å². The Morgan fingerprint density at radius 2 is 0.875 bits per heavy atom. The Hall–Kier alpha value is -2.61. The zero-order valence-corrected chi connectivity index (χ0v) is 32.5.